The van der Waals surface area contributed by atoms with Gasteiger partial charge in [-0.15, -0.1) is 6.58 Å². The Labute approximate surface area is 111 Å². The van der Waals surface area contributed by atoms with Crippen LogP contribution in [0.2, 0.25) is 5.02 Å². The van der Waals surface area contributed by atoms with Crippen LogP contribution in [0.3, 0.4) is 0 Å². The van der Waals surface area contributed by atoms with Crippen molar-refractivity contribution in [2.45, 2.75) is 25.8 Å². The van der Waals surface area contributed by atoms with Gasteiger partial charge in [0.05, 0.1) is 18.4 Å². The first kappa shape index (κ1) is 13.1. The van der Waals surface area contributed by atoms with E-state index in [2.05, 4.69) is 22.1 Å². The van der Waals surface area contributed by atoms with Crippen LogP contribution in [0.15, 0.2) is 23.6 Å². The standard InChI is InChI=1S/C12H17ClN4O/c1-2-6-17-12(18)11(13)10(9-14-17)15-16-7-4-3-5-8-16/h2,9,15H,1,3-8H2. The van der Waals surface area contributed by atoms with Gasteiger partial charge in [0.15, 0.2) is 0 Å². The second kappa shape index (κ2) is 6.02. The molecule has 0 spiro atoms. The highest BCUT2D eigenvalue weighted by molar-refractivity contribution is 6.32. The lowest BCUT2D eigenvalue weighted by atomic mass is 10.2. The maximum absolute atomic E-state index is 11.9. The van der Waals surface area contributed by atoms with Crippen LogP contribution in [0.5, 0.6) is 0 Å². The molecule has 0 amide bonds. The number of hydrazine groups is 1. The molecule has 2 heterocycles. The Hall–Kier alpha value is -1.33. The summed E-state index contributed by atoms with van der Waals surface area (Å²) in [6.07, 6.45) is 6.77. The van der Waals surface area contributed by atoms with Crippen LogP contribution in [0, 0.1) is 0 Å². The Kier molecular flexibility index (Phi) is 4.38. The molecule has 1 saturated heterocycles. The lowest BCUT2D eigenvalue weighted by Crippen LogP contribution is -2.36. The molecule has 1 aliphatic heterocycles. The van der Waals surface area contributed by atoms with Gasteiger partial charge in [0, 0.05) is 13.1 Å². The highest BCUT2D eigenvalue weighted by Gasteiger charge is 2.14. The molecular weight excluding hydrogens is 252 g/mol. The molecule has 1 aliphatic rings. The summed E-state index contributed by atoms with van der Waals surface area (Å²) in [6.45, 7) is 5.87. The van der Waals surface area contributed by atoms with Crippen LogP contribution < -0.4 is 11.0 Å². The van der Waals surface area contributed by atoms with E-state index in [-0.39, 0.29) is 10.6 Å². The number of hydrogen-bond acceptors (Lipinski definition) is 4. The molecule has 6 heteroatoms. The minimum atomic E-state index is -0.293. The summed E-state index contributed by atoms with van der Waals surface area (Å²) < 4.78 is 1.29. The molecule has 0 saturated carbocycles. The molecular formula is C12H17ClN4O. The van der Waals surface area contributed by atoms with Crippen LogP contribution >= 0.6 is 11.6 Å². The summed E-state index contributed by atoms with van der Waals surface area (Å²) in [5, 5.41) is 6.30. The van der Waals surface area contributed by atoms with Gasteiger partial charge in [-0.05, 0) is 12.8 Å². The van der Waals surface area contributed by atoms with Crippen molar-refractivity contribution >= 4 is 17.3 Å². The summed E-state index contributed by atoms with van der Waals surface area (Å²) in [6, 6.07) is 0. The van der Waals surface area contributed by atoms with E-state index >= 15 is 0 Å². The van der Waals surface area contributed by atoms with E-state index < -0.39 is 0 Å². The molecule has 0 aliphatic carbocycles. The summed E-state index contributed by atoms with van der Waals surface area (Å²) in [5.74, 6) is 0. The van der Waals surface area contributed by atoms with Crippen molar-refractivity contribution in [3.63, 3.8) is 0 Å². The topological polar surface area (TPSA) is 50.2 Å². The Balaban J connectivity index is 2.15. The molecule has 0 bridgehead atoms. The van der Waals surface area contributed by atoms with E-state index in [1.165, 1.54) is 11.1 Å². The lowest BCUT2D eigenvalue weighted by Gasteiger charge is -2.27. The van der Waals surface area contributed by atoms with Gasteiger partial charge in [-0.2, -0.15) is 5.10 Å². The molecule has 0 atom stereocenters. The quantitative estimate of drug-likeness (QED) is 0.848. The minimum absolute atomic E-state index is 0.178. The fourth-order valence-electron chi connectivity index (χ4n) is 1.97. The lowest BCUT2D eigenvalue weighted by molar-refractivity contribution is 0.273. The van der Waals surface area contributed by atoms with E-state index in [1.807, 2.05) is 0 Å². The predicted octanol–water partition coefficient (Wildman–Crippen LogP) is 1.90. The molecule has 1 fully saturated rings. The summed E-state index contributed by atoms with van der Waals surface area (Å²) in [7, 11) is 0. The summed E-state index contributed by atoms with van der Waals surface area (Å²) in [5.41, 5.74) is 3.44. The first-order chi connectivity index (χ1) is 8.72. The molecule has 2 rings (SSSR count). The second-order valence-electron chi connectivity index (χ2n) is 4.31. The summed E-state index contributed by atoms with van der Waals surface area (Å²) >= 11 is 6.06. The van der Waals surface area contributed by atoms with Crippen molar-refractivity contribution in [3.05, 3.63) is 34.2 Å². The molecule has 18 heavy (non-hydrogen) atoms. The SMILES string of the molecule is C=CCn1ncc(NN2CCCCC2)c(Cl)c1=O. The zero-order valence-electron chi connectivity index (χ0n) is 10.2. The molecule has 0 unspecified atom stereocenters. The molecule has 1 aromatic heterocycles. The molecule has 1 N–H and O–H groups in total. The number of rotatable bonds is 4. The number of aromatic nitrogens is 2. The number of piperidine rings is 1. The highest BCUT2D eigenvalue weighted by atomic mass is 35.5. The molecule has 5 nitrogen and oxygen atoms in total. The largest absolute Gasteiger partial charge is 0.316 e. The number of hydrogen-bond donors (Lipinski definition) is 1. The van der Waals surface area contributed by atoms with Gasteiger partial charge in [0.1, 0.15) is 5.02 Å². The van der Waals surface area contributed by atoms with Crippen molar-refractivity contribution in [1.29, 1.82) is 0 Å². The zero-order valence-corrected chi connectivity index (χ0v) is 11.0. The van der Waals surface area contributed by atoms with Gasteiger partial charge in [-0.3, -0.25) is 4.79 Å². The monoisotopic (exact) mass is 268 g/mol. The van der Waals surface area contributed by atoms with Gasteiger partial charge < -0.3 is 5.43 Å². The third kappa shape index (κ3) is 2.91. The zero-order chi connectivity index (χ0) is 13.0. The van der Waals surface area contributed by atoms with Crippen molar-refractivity contribution < 1.29 is 0 Å². The Morgan fingerprint density at radius 2 is 2.17 bits per heavy atom. The van der Waals surface area contributed by atoms with Crippen LogP contribution in [-0.4, -0.2) is 27.9 Å². The number of nitrogens with one attached hydrogen (secondary N) is 1. The first-order valence-electron chi connectivity index (χ1n) is 6.10. The fourth-order valence-corrected chi connectivity index (χ4v) is 2.16. The average molecular weight is 269 g/mol. The normalized spacial score (nSPS) is 16.5. The second-order valence-corrected chi connectivity index (χ2v) is 4.69. The molecule has 98 valence electrons. The van der Waals surface area contributed by atoms with Crippen molar-refractivity contribution in [2.75, 3.05) is 18.5 Å². The van der Waals surface area contributed by atoms with Crippen molar-refractivity contribution in [3.8, 4) is 0 Å². The molecule has 0 radical (unpaired) electrons. The van der Waals surface area contributed by atoms with Crippen molar-refractivity contribution in [1.82, 2.24) is 14.8 Å². The fraction of sp³-hybridized carbons (Fsp3) is 0.500. The van der Waals surface area contributed by atoms with Crippen LogP contribution in [0.25, 0.3) is 0 Å². The molecule has 0 aromatic carbocycles. The Morgan fingerprint density at radius 1 is 1.44 bits per heavy atom. The third-order valence-corrected chi connectivity index (χ3v) is 3.29. The third-order valence-electron chi connectivity index (χ3n) is 2.92. The minimum Gasteiger partial charge on any atom is -0.316 e. The van der Waals surface area contributed by atoms with Gasteiger partial charge in [0.2, 0.25) is 0 Å². The van der Waals surface area contributed by atoms with Crippen LogP contribution in [0.1, 0.15) is 19.3 Å². The average Bonchev–Trinajstić information content (AvgIpc) is 2.40. The number of halogens is 1. The number of allylic oxidation sites excluding steroid dienone is 1. The van der Waals surface area contributed by atoms with Gasteiger partial charge in [0.25, 0.3) is 5.56 Å². The number of nitrogens with zero attached hydrogens (tertiary/aromatic N) is 3. The number of anilines is 1. The Morgan fingerprint density at radius 3 is 2.83 bits per heavy atom. The van der Waals surface area contributed by atoms with E-state index in [0.29, 0.717) is 12.2 Å². The molecule has 1 aromatic rings. The van der Waals surface area contributed by atoms with Gasteiger partial charge in [-0.25, -0.2) is 9.69 Å². The van der Waals surface area contributed by atoms with Crippen LogP contribution in [0.4, 0.5) is 5.69 Å². The maximum atomic E-state index is 11.9. The van der Waals surface area contributed by atoms with Gasteiger partial charge >= 0.3 is 0 Å². The van der Waals surface area contributed by atoms with E-state index in [0.717, 1.165) is 25.9 Å². The van der Waals surface area contributed by atoms with Crippen molar-refractivity contribution in [2.24, 2.45) is 0 Å². The van der Waals surface area contributed by atoms with E-state index in [4.69, 9.17) is 11.6 Å². The van der Waals surface area contributed by atoms with E-state index in [9.17, 15) is 4.79 Å². The summed E-state index contributed by atoms with van der Waals surface area (Å²) in [4.78, 5) is 11.9. The van der Waals surface area contributed by atoms with E-state index in [1.54, 1.807) is 12.3 Å². The van der Waals surface area contributed by atoms with Gasteiger partial charge in [-0.1, -0.05) is 24.1 Å². The maximum Gasteiger partial charge on any atom is 0.287 e. The first-order valence-corrected chi connectivity index (χ1v) is 6.48. The smallest absolute Gasteiger partial charge is 0.287 e. The van der Waals surface area contributed by atoms with Crippen LogP contribution in [-0.2, 0) is 6.54 Å². The predicted molar refractivity (Wildman–Crippen MR) is 72.8 cm³/mol. The Bertz CT molecular complexity index is 479. The highest BCUT2D eigenvalue weighted by Crippen LogP contribution is 2.18.